The maximum absolute atomic E-state index is 12.9. The Balaban J connectivity index is 2.93. The standard InChI is InChI=1S/C17H27N5O9/c1-7(23)13(21-14(27)8(18)5-11(19)24)16(29)22-4-2-3-10(22)15(28)20-9(17(30)31)6-12(25)26/h7-10,13,23H,2-6,18H2,1H3,(H2,19,24)(H,20,28)(H,21,27)(H,25,26)(H,30,31). The average molecular weight is 445 g/mol. The van der Waals surface area contributed by atoms with Gasteiger partial charge >= 0.3 is 11.9 Å². The van der Waals surface area contributed by atoms with Gasteiger partial charge in [0.05, 0.1) is 25.0 Å². The highest BCUT2D eigenvalue weighted by Crippen LogP contribution is 2.20. The molecule has 1 heterocycles. The highest BCUT2D eigenvalue weighted by Gasteiger charge is 2.40. The van der Waals surface area contributed by atoms with Gasteiger partial charge in [0.15, 0.2) is 0 Å². The van der Waals surface area contributed by atoms with Crippen molar-refractivity contribution in [3.05, 3.63) is 0 Å². The van der Waals surface area contributed by atoms with E-state index < -0.39 is 78.7 Å². The lowest BCUT2D eigenvalue weighted by Gasteiger charge is -2.30. The number of nitrogens with zero attached hydrogens (tertiary/aromatic N) is 1. The first-order valence-corrected chi connectivity index (χ1v) is 9.42. The maximum Gasteiger partial charge on any atom is 0.326 e. The minimum absolute atomic E-state index is 0.0834. The number of carbonyl (C=O) groups excluding carboxylic acids is 4. The Labute approximate surface area is 176 Å². The van der Waals surface area contributed by atoms with Crippen molar-refractivity contribution >= 4 is 35.6 Å². The molecule has 1 aliphatic rings. The van der Waals surface area contributed by atoms with E-state index in [-0.39, 0.29) is 13.0 Å². The first kappa shape index (κ1) is 25.8. The van der Waals surface area contributed by atoms with Crippen LogP contribution in [0.1, 0.15) is 32.6 Å². The summed E-state index contributed by atoms with van der Waals surface area (Å²) in [5.74, 6) is -6.43. The minimum atomic E-state index is -1.69. The number of rotatable bonds is 11. The summed E-state index contributed by atoms with van der Waals surface area (Å²) < 4.78 is 0. The van der Waals surface area contributed by atoms with E-state index in [1.165, 1.54) is 6.92 Å². The van der Waals surface area contributed by atoms with Gasteiger partial charge in [0.1, 0.15) is 18.1 Å². The molecule has 1 saturated heterocycles. The van der Waals surface area contributed by atoms with E-state index in [0.29, 0.717) is 6.42 Å². The van der Waals surface area contributed by atoms with Gasteiger partial charge in [-0.15, -0.1) is 0 Å². The van der Waals surface area contributed by atoms with Crippen LogP contribution in [0.4, 0.5) is 0 Å². The number of aliphatic hydroxyl groups excluding tert-OH is 1. The second-order valence-corrected chi connectivity index (χ2v) is 7.19. The summed E-state index contributed by atoms with van der Waals surface area (Å²) in [5, 5.41) is 32.1. The first-order chi connectivity index (χ1) is 14.3. The number of hydrogen-bond donors (Lipinski definition) is 7. The molecule has 14 nitrogen and oxygen atoms in total. The van der Waals surface area contributed by atoms with E-state index in [2.05, 4.69) is 10.6 Å². The van der Waals surface area contributed by atoms with E-state index in [0.717, 1.165) is 4.90 Å². The lowest BCUT2D eigenvalue weighted by molar-refractivity contribution is -0.149. The van der Waals surface area contributed by atoms with Crippen molar-refractivity contribution in [1.82, 2.24) is 15.5 Å². The fraction of sp³-hybridized carbons (Fsp3) is 0.647. The zero-order valence-corrected chi connectivity index (χ0v) is 16.8. The molecule has 0 aromatic heterocycles. The zero-order chi connectivity index (χ0) is 23.9. The zero-order valence-electron chi connectivity index (χ0n) is 16.8. The predicted octanol–water partition coefficient (Wildman–Crippen LogP) is -3.91. The Morgan fingerprint density at radius 2 is 1.71 bits per heavy atom. The number of nitrogens with one attached hydrogen (secondary N) is 2. The normalized spacial score (nSPS) is 19.6. The van der Waals surface area contributed by atoms with E-state index in [1.54, 1.807) is 0 Å². The number of aliphatic hydroxyl groups is 1. The molecule has 1 fully saturated rings. The Morgan fingerprint density at radius 1 is 1.10 bits per heavy atom. The Morgan fingerprint density at radius 3 is 2.19 bits per heavy atom. The van der Waals surface area contributed by atoms with Crippen molar-refractivity contribution < 1.29 is 44.1 Å². The van der Waals surface area contributed by atoms with Crippen molar-refractivity contribution in [2.24, 2.45) is 11.5 Å². The molecule has 1 aliphatic heterocycles. The SMILES string of the molecule is CC(O)C(NC(=O)C(N)CC(N)=O)C(=O)N1CCCC1C(=O)NC(CC(=O)O)C(=O)O. The quantitative estimate of drug-likeness (QED) is 0.163. The van der Waals surface area contributed by atoms with Crippen LogP contribution >= 0.6 is 0 Å². The smallest absolute Gasteiger partial charge is 0.326 e. The second kappa shape index (κ2) is 11.2. The lowest BCUT2D eigenvalue weighted by atomic mass is 10.1. The van der Waals surface area contributed by atoms with Crippen LogP contribution in [0.15, 0.2) is 0 Å². The second-order valence-electron chi connectivity index (χ2n) is 7.19. The molecule has 5 unspecified atom stereocenters. The van der Waals surface area contributed by atoms with E-state index in [4.69, 9.17) is 21.7 Å². The molecule has 174 valence electrons. The minimum Gasteiger partial charge on any atom is -0.481 e. The predicted molar refractivity (Wildman–Crippen MR) is 102 cm³/mol. The van der Waals surface area contributed by atoms with E-state index in [1.807, 2.05) is 0 Å². The molecule has 9 N–H and O–H groups in total. The monoisotopic (exact) mass is 445 g/mol. The molecule has 4 amide bonds. The van der Waals surface area contributed by atoms with Crippen molar-refractivity contribution in [2.45, 2.75) is 62.9 Å². The molecule has 0 aliphatic carbocycles. The van der Waals surface area contributed by atoms with Crippen molar-refractivity contribution in [2.75, 3.05) is 6.54 Å². The van der Waals surface area contributed by atoms with Crippen molar-refractivity contribution in [1.29, 1.82) is 0 Å². The van der Waals surface area contributed by atoms with Crippen LogP contribution in [-0.2, 0) is 28.8 Å². The topological polar surface area (TPSA) is 242 Å². The van der Waals surface area contributed by atoms with Crippen LogP contribution < -0.4 is 22.1 Å². The molecule has 31 heavy (non-hydrogen) atoms. The van der Waals surface area contributed by atoms with Crippen LogP contribution in [-0.4, -0.2) is 92.6 Å². The number of aliphatic carboxylic acids is 2. The van der Waals surface area contributed by atoms with Gasteiger partial charge < -0.3 is 42.3 Å². The Bertz CT molecular complexity index is 742. The molecular weight excluding hydrogens is 418 g/mol. The largest absolute Gasteiger partial charge is 0.481 e. The van der Waals surface area contributed by atoms with Crippen LogP contribution in [0.25, 0.3) is 0 Å². The molecule has 0 radical (unpaired) electrons. The van der Waals surface area contributed by atoms with Gasteiger partial charge in [-0.3, -0.25) is 24.0 Å². The van der Waals surface area contributed by atoms with Gasteiger partial charge in [-0.25, -0.2) is 4.79 Å². The van der Waals surface area contributed by atoms with Gasteiger partial charge in [0.25, 0.3) is 0 Å². The molecule has 0 saturated carbocycles. The molecule has 0 spiro atoms. The number of amides is 4. The number of nitrogens with two attached hydrogens (primary N) is 2. The fourth-order valence-corrected chi connectivity index (χ4v) is 3.08. The Hall–Kier alpha value is -3.26. The third kappa shape index (κ3) is 7.49. The third-order valence-electron chi connectivity index (χ3n) is 4.64. The summed E-state index contributed by atoms with van der Waals surface area (Å²) in [6.45, 7) is 1.31. The molecule has 14 heteroatoms. The number of primary amides is 1. The Kier molecular flexibility index (Phi) is 9.33. The summed E-state index contributed by atoms with van der Waals surface area (Å²) in [7, 11) is 0. The molecule has 1 rings (SSSR count). The van der Waals surface area contributed by atoms with Crippen LogP contribution in [0.5, 0.6) is 0 Å². The average Bonchev–Trinajstić information content (AvgIpc) is 3.13. The summed E-state index contributed by atoms with van der Waals surface area (Å²) in [5.41, 5.74) is 10.5. The number of carbonyl (C=O) groups is 6. The van der Waals surface area contributed by atoms with Crippen LogP contribution in [0.2, 0.25) is 0 Å². The molecule has 0 aromatic rings. The van der Waals surface area contributed by atoms with Crippen LogP contribution in [0, 0.1) is 0 Å². The van der Waals surface area contributed by atoms with Crippen molar-refractivity contribution in [3.63, 3.8) is 0 Å². The summed E-state index contributed by atoms with van der Waals surface area (Å²) in [6.07, 6.45) is -2.19. The molecule has 5 atom stereocenters. The molecule has 0 aromatic carbocycles. The number of carboxylic acid groups (broad SMARTS) is 2. The maximum atomic E-state index is 12.9. The summed E-state index contributed by atoms with van der Waals surface area (Å²) in [4.78, 5) is 71.5. The van der Waals surface area contributed by atoms with E-state index in [9.17, 15) is 33.9 Å². The summed E-state index contributed by atoms with van der Waals surface area (Å²) >= 11 is 0. The van der Waals surface area contributed by atoms with Gasteiger partial charge in [0.2, 0.25) is 23.6 Å². The molecular formula is C17H27N5O9. The van der Waals surface area contributed by atoms with E-state index >= 15 is 0 Å². The third-order valence-corrected chi connectivity index (χ3v) is 4.64. The summed E-state index contributed by atoms with van der Waals surface area (Å²) in [6, 6.07) is -5.66. The number of likely N-dealkylation sites (tertiary alicyclic amines) is 1. The lowest BCUT2D eigenvalue weighted by Crippen LogP contribution is -2.59. The molecule has 0 bridgehead atoms. The number of carboxylic acids is 2. The van der Waals surface area contributed by atoms with Gasteiger partial charge in [-0.2, -0.15) is 0 Å². The highest BCUT2D eigenvalue weighted by molar-refractivity contribution is 5.96. The first-order valence-electron chi connectivity index (χ1n) is 9.42. The van der Waals surface area contributed by atoms with Gasteiger partial charge in [-0.05, 0) is 19.8 Å². The fourth-order valence-electron chi connectivity index (χ4n) is 3.08. The van der Waals surface area contributed by atoms with Crippen LogP contribution in [0.3, 0.4) is 0 Å². The van der Waals surface area contributed by atoms with Crippen molar-refractivity contribution in [3.8, 4) is 0 Å². The van der Waals surface area contributed by atoms with Gasteiger partial charge in [-0.1, -0.05) is 0 Å². The number of hydrogen-bond acceptors (Lipinski definition) is 8. The van der Waals surface area contributed by atoms with Gasteiger partial charge in [0, 0.05) is 6.54 Å². The highest BCUT2D eigenvalue weighted by atomic mass is 16.4.